The van der Waals surface area contributed by atoms with E-state index in [2.05, 4.69) is 29.6 Å². The number of carbonyl (C=O) groups excluding carboxylic acids is 2. The van der Waals surface area contributed by atoms with E-state index in [1.54, 1.807) is 16.7 Å². The summed E-state index contributed by atoms with van der Waals surface area (Å²) in [7, 11) is 0. The summed E-state index contributed by atoms with van der Waals surface area (Å²) < 4.78 is 0. The van der Waals surface area contributed by atoms with Crippen molar-refractivity contribution in [2.45, 2.75) is 57.9 Å². The van der Waals surface area contributed by atoms with Crippen molar-refractivity contribution in [3.05, 3.63) is 71.8 Å². The van der Waals surface area contributed by atoms with Crippen LogP contribution in [-0.4, -0.2) is 41.1 Å². The van der Waals surface area contributed by atoms with Gasteiger partial charge in [-0.25, -0.2) is 0 Å². The second kappa shape index (κ2) is 13.1. The zero-order valence-electron chi connectivity index (χ0n) is 18.3. The first kappa shape index (κ1) is 24.0. The molecule has 0 fully saturated rings. The maximum absolute atomic E-state index is 13.1. The van der Waals surface area contributed by atoms with Crippen LogP contribution in [0.25, 0.3) is 0 Å². The lowest BCUT2D eigenvalue weighted by Gasteiger charge is -2.31. The van der Waals surface area contributed by atoms with Gasteiger partial charge in [0.15, 0.2) is 0 Å². The summed E-state index contributed by atoms with van der Waals surface area (Å²) >= 11 is 1.76. The lowest BCUT2D eigenvalue weighted by atomic mass is 10.1. The molecule has 1 N–H and O–H groups in total. The standard InChI is InChI=1S/C25H34N2O2S/c1-4-23(25(29)26-20(2)3)27(17-15-21-11-7-5-8-12-21)24(28)16-18-30-19-22-13-9-6-10-14-22/h5-14,20,23H,4,15-19H2,1-3H3,(H,26,29)/t23-/m0/s1. The fraction of sp³-hybridized carbons (Fsp3) is 0.440. The highest BCUT2D eigenvalue weighted by molar-refractivity contribution is 7.98. The van der Waals surface area contributed by atoms with E-state index >= 15 is 0 Å². The molecule has 0 aliphatic heterocycles. The number of nitrogens with zero attached hydrogens (tertiary/aromatic N) is 1. The molecule has 5 heteroatoms. The monoisotopic (exact) mass is 426 g/mol. The van der Waals surface area contributed by atoms with E-state index in [-0.39, 0.29) is 17.9 Å². The maximum Gasteiger partial charge on any atom is 0.242 e. The van der Waals surface area contributed by atoms with Gasteiger partial charge in [-0.2, -0.15) is 11.8 Å². The lowest BCUT2D eigenvalue weighted by Crippen LogP contribution is -2.51. The van der Waals surface area contributed by atoms with Crippen LogP contribution < -0.4 is 5.32 Å². The van der Waals surface area contributed by atoms with E-state index in [1.807, 2.05) is 57.2 Å². The van der Waals surface area contributed by atoms with Gasteiger partial charge in [0.25, 0.3) is 0 Å². The number of rotatable bonds is 12. The minimum Gasteiger partial charge on any atom is -0.352 e. The number of nitrogens with one attached hydrogen (secondary N) is 1. The van der Waals surface area contributed by atoms with Gasteiger partial charge in [0.2, 0.25) is 11.8 Å². The Bertz CT molecular complexity index is 765. The summed E-state index contributed by atoms with van der Waals surface area (Å²) in [6.07, 6.45) is 1.79. The molecular formula is C25H34N2O2S. The Morgan fingerprint density at radius 1 is 0.967 bits per heavy atom. The van der Waals surface area contributed by atoms with Crippen molar-refractivity contribution < 1.29 is 9.59 Å². The topological polar surface area (TPSA) is 49.4 Å². The number of carbonyl (C=O) groups is 2. The van der Waals surface area contributed by atoms with E-state index in [0.717, 1.165) is 17.9 Å². The molecule has 0 aliphatic rings. The molecule has 0 unspecified atom stereocenters. The second-order valence-electron chi connectivity index (χ2n) is 7.70. The fourth-order valence-corrected chi connectivity index (χ4v) is 4.24. The SMILES string of the molecule is CC[C@@H](C(=O)NC(C)C)N(CCc1ccccc1)C(=O)CCSCc1ccccc1. The summed E-state index contributed by atoms with van der Waals surface area (Å²) in [5.74, 6) is 1.63. The van der Waals surface area contributed by atoms with Crippen molar-refractivity contribution in [2.24, 2.45) is 0 Å². The average molecular weight is 427 g/mol. The van der Waals surface area contributed by atoms with Gasteiger partial charge in [-0.15, -0.1) is 0 Å². The molecule has 0 saturated heterocycles. The van der Waals surface area contributed by atoms with E-state index in [9.17, 15) is 9.59 Å². The highest BCUT2D eigenvalue weighted by Crippen LogP contribution is 2.16. The Balaban J connectivity index is 1.98. The third-order valence-corrected chi connectivity index (χ3v) is 5.90. The van der Waals surface area contributed by atoms with Crippen molar-refractivity contribution in [2.75, 3.05) is 12.3 Å². The zero-order valence-corrected chi connectivity index (χ0v) is 19.2. The molecule has 162 valence electrons. The van der Waals surface area contributed by atoms with E-state index < -0.39 is 6.04 Å². The molecule has 0 radical (unpaired) electrons. The van der Waals surface area contributed by atoms with Crippen LogP contribution in [0, 0.1) is 0 Å². The van der Waals surface area contributed by atoms with Crippen molar-refractivity contribution in [1.29, 1.82) is 0 Å². The molecule has 0 spiro atoms. The molecule has 2 aromatic rings. The Hall–Kier alpha value is -2.27. The summed E-state index contributed by atoms with van der Waals surface area (Å²) in [4.78, 5) is 27.6. The van der Waals surface area contributed by atoms with Gasteiger partial charge in [-0.1, -0.05) is 67.6 Å². The molecule has 0 saturated carbocycles. The largest absolute Gasteiger partial charge is 0.352 e. The van der Waals surface area contributed by atoms with Gasteiger partial charge in [0.1, 0.15) is 6.04 Å². The first-order chi connectivity index (χ1) is 14.5. The van der Waals surface area contributed by atoms with E-state index in [4.69, 9.17) is 0 Å². The summed E-state index contributed by atoms with van der Waals surface area (Å²) in [5, 5.41) is 2.98. The average Bonchev–Trinajstić information content (AvgIpc) is 2.75. The molecule has 2 aromatic carbocycles. The lowest BCUT2D eigenvalue weighted by molar-refractivity contribution is -0.140. The Labute approximate surface area is 185 Å². The normalized spacial score (nSPS) is 11.9. The molecule has 0 heterocycles. The highest BCUT2D eigenvalue weighted by Gasteiger charge is 2.28. The first-order valence-electron chi connectivity index (χ1n) is 10.8. The number of hydrogen-bond donors (Lipinski definition) is 1. The van der Waals surface area contributed by atoms with Gasteiger partial charge >= 0.3 is 0 Å². The second-order valence-corrected chi connectivity index (χ2v) is 8.80. The molecular weight excluding hydrogens is 392 g/mol. The van der Waals surface area contributed by atoms with Crippen molar-refractivity contribution in [3.63, 3.8) is 0 Å². The van der Waals surface area contributed by atoms with Crippen LogP contribution in [-0.2, 0) is 21.8 Å². The van der Waals surface area contributed by atoms with E-state index in [0.29, 0.717) is 19.4 Å². The van der Waals surface area contributed by atoms with Crippen molar-refractivity contribution in [3.8, 4) is 0 Å². The summed E-state index contributed by atoms with van der Waals surface area (Å²) in [5.41, 5.74) is 2.44. The van der Waals surface area contributed by atoms with Crippen LogP contribution >= 0.6 is 11.8 Å². The Morgan fingerprint density at radius 2 is 1.57 bits per heavy atom. The Morgan fingerprint density at radius 3 is 2.13 bits per heavy atom. The van der Waals surface area contributed by atoms with Gasteiger partial charge < -0.3 is 10.2 Å². The highest BCUT2D eigenvalue weighted by atomic mass is 32.2. The van der Waals surface area contributed by atoms with Crippen LogP contribution in [0.3, 0.4) is 0 Å². The predicted molar refractivity (Wildman–Crippen MR) is 126 cm³/mol. The number of thioether (sulfide) groups is 1. The molecule has 1 atom stereocenters. The summed E-state index contributed by atoms with van der Waals surface area (Å²) in [6, 6.07) is 20.0. The minimum absolute atomic E-state index is 0.0530. The van der Waals surface area contributed by atoms with Crippen LogP contribution in [0.4, 0.5) is 0 Å². The molecule has 0 aliphatic carbocycles. The maximum atomic E-state index is 13.1. The Kier molecular flexibility index (Phi) is 10.5. The van der Waals surface area contributed by atoms with Gasteiger partial charge in [0, 0.05) is 30.5 Å². The van der Waals surface area contributed by atoms with Gasteiger partial charge in [-0.05, 0) is 37.8 Å². The smallest absolute Gasteiger partial charge is 0.242 e. The van der Waals surface area contributed by atoms with Crippen LogP contribution in [0.15, 0.2) is 60.7 Å². The van der Waals surface area contributed by atoms with Crippen LogP contribution in [0.2, 0.25) is 0 Å². The van der Waals surface area contributed by atoms with Gasteiger partial charge in [-0.3, -0.25) is 9.59 Å². The van der Waals surface area contributed by atoms with Crippen LogP contribution in [0.5, 0.6) is 0 Å². The minimum atomic E-state index is -0.428. The van der Waals surface area contributed by atoms with Gasteiger partial charge in [0.05, 0.1) is 0 Å². The number of hydrogen-bond acceptors (Lipinski definition) is 3. The third-order valence-electron chi connectivity index (χ3n) is 4.87. The number of amides is 2. The number of benzene rings is 2. The third kappa shape index (κ3) is 8.23. The van der Waals surface area contributed by atoms with Crippen molar-refractivity contribution in [1.82, 2.24) is 10.2 Å². The zero-order chi connectivity index (χ0) is 21.8. The molecule has 4 nitrogen and oxygen atoms in total. The molecule has 0 bridgehead atoms. The van der Waals surface area contributed by atoms with E-state index in [1.165, 1.54) is 11.1 Å². The molecule has 2 rings (SSSR count). The summed E-state index contributed by atoms with van der Waals surface area (Å²) in [6.45, 7) is 6.41. The predicted octanol–water partition coefficient (Wildman–Crippen LogP) is 4.68. The first-order valence-corrected chi connectivity index (χ1v) is 11.9. The fourth-order valence-electron chi connectivity index (χ4n) is 3.34. The van der Waals surface area contributed by atoms with Crippen LogP contribution in [0.1, 0.15) is 44.7 Å². The molecule has 0 aromatic heterocycles. The molecule has 30 heavy (non-hydrogen) atoms. The molecule has 2 amide bonds. The quantitative estimate of drug-likeness (QED) is 0.501. The van der Waals surface area contributed by atoms with Crippen molar-refractivity contribution >= 4 is 23.6 Å².